The molecule has 0 aliphatic rings. The lowest BCUT2D eigenvalue weighted by atomic mass is 10.1. The molecule has 0 bridgehead atoms. The van der Waals surface area contributed by atoms with Crippen LogP contribution in [-0.2, 0) is 0 Å². The smallest absolute Gasteiger partial charge is 0.365 e. The molecule has 0 saturated carbocycles. The van der Waals surface area contributed by atoms with E-state index >= 15 is 0 Å². The van der Waals surface area contributed by atoms with E-state index in [1.807, 2.05) is 43.3 Å². The lowest BCUT2D eigenvalue weighted by Gasteiger charge is -2.11. The molecule has 0 spiro atoms. The first-order valence-electron chi connectivity index (χ1n) is 5.23. The fourth-order valence-corrected chi connectivity index (χ4v) is 1.52. The van der Waals surface area contributed by atoms with Crippen molar-refractivity contribution >= 4 is 18.3 Å². The first-order valence-corrected chi connectivity index (χ1v) is 5.23. The molecule has 4 nitrogen and oxygen atoms in total. The lowest BCUT2D eigenvalue weighted by molar-refractivity contribution is 0.386. The highest BCUT2D eigenvalue weighted by molar-refractivity contribution is 5.55. The zero-order valence-electron chi connectivity index (χ0n) is 9.86. The number of hydrogen-bond donors (Lipinski definition) is 1. The molecule has 2 aromatic rings. The van der Waals surface area contributed by atoms with Gasteiger partial charge in [-0.05, 0) is 23.8 Å². The van der Waals surface area contributed by atoms with Gasteiger partial charge in [-0.1, -0.05) is 18.7 Å². The average molecular weight is 230 g/mol. The van der Waals surface area contributed by atoms with Crippen LogP contribution in [0.4, 0.5) is 5.69 Å². The second kappa shape index (κ2) is 4.33. The van der Waals surface area contributed by atoms with Gasteiger partial charge in [0.1, 0.15) is 0 Å². The van der Waals surface area contributed by atoms with Gasteiger partial charge in [0, 0.05) is 19.8 Å². The minimum Gasteiger partial charge on any atom is -0.378 e. The van der Waals surface area contributed by atoms with Gasteiger partial charge in [-0.15, -0.1) is 0 Å². The van der Waals surface area contributed by atoms with Crippen LogP contribution in [-0.4, -0.2) is 19.3 Å². The molecule has 1 N–H and O–H groups in total. The minimum absolute atomic E-state index is 0.397. The van der Waals surface area contributed by atoms with E-state index in [9.17, 15) is 4.79 Å². The molecule has 0 amide bonds. The summed E-state index contributed by atoms with van der Waals surface area (Å²) in [4.78, 5) is 13.4. The van der Waals surface area contributed by atoms with Crippen LogP contribution in [0.15, 0.2) is 33.6 Å². The van der Waals surface area contributed by atoms with Crippen molar-refractivity contribution < 1.29 is 4.52 Å². The van der Waals surface area contributed by atoms with Crippen LogP contribution in [0.1, 0.15) is 5.56 Å². The molecule has 88 valence electrons. The van der Waals surface area contributed by atoms with E-state index in [0.29, 0.717) is 10.6 Å². The van der Waals surface area contributed by atoms with Crippen LogP contribution < -0.4 is 21.1 Å². The lowest BCUT2D eigenvalue weighted by Crippen LogP contribution is -2.31. The predicted molar refractivity (Wildman–Crippen MR) is 68.4 cm³/mol. The second-order valence-electron chi connectivity index (χ2n) is 4.01. The summed E-state index contributed by atoms with van der Waals surface area (Å²) in [6, 6.07) is 7.87. The van der Waals surface area contributed by atoms with Crippen molar-refractivity contribution in [1.29, 1.82) is 0 Å². The molecule has 0 unspecified atom stereocenters. The molecule has 1 heterocycles. The SMILES string of the molecule is C=c1[nH]oc(=O)/c1=C/c1ccc(N(C)C)cc1. The molecule has 1 aromatic heterocycles. The fraction of sp³-hybridized carbons (Fsp3) is 0.154. The Bertz CT molecular complexity index is 632. The van der Waals surface area contributed by atoms with E-state index in [2.05, 4.69) is 16.3 Å². The number of aromatic nitrogens is 1. The first-order chi connectivity index (χ1) is 8.08. The molecule has 0 saturated heterocycles. The number of H-pyrrole nitrogens is 1. The van der Waals surface area contributed by atoms with Gasteiger partial charge >= 0.3 is 5.63 Å². The van der Waals surface area contributed by atoms with Crippen molar-refractivity contribution in [3.8, 4) is 0 Å². The third-order valence-corrected chi connectivity index (χ3v) is 2.53. The Hall–Kier alpha value is -2.23. The summed E-state index contributed by atoms with van der Waals surface area (Å²) in [6.07, 6.45) is 1.75. The molecular weight excluding hydrogens is 216 g/mol. The fourth-order valence-electron chi connectivity index (χ4n) is 1.52. The highest BCUT2D eigenvalue weighted by atomic mass is 16.5. The standard InChI is InChI=1S/C13H14N2O2/c1-9-12(13(16)17-14-9)8-10-4-6-11(7-5-10)15(2)3/h4-8,14H,1H2,2-3H3/b12-8+. The molecule has 2 rings (SSSR count). The Morgan fingerprint density at radius 2 is 1.94 bits per heavy atom. The normalized spacial score (nSPS) is 11.8. The summed E-state index contributed by atoms with van der Waals surface area (Å²) in [5, 5.41) is 3.40. The summed E-state index contributed by atoms with van der Waals surface area (Å²) >= 11 is 0. The topological polar surface area (TPSA) is 49.2 Å². The van der Waals surface area contributed by atoms with E-state index in [4.69, 9.17) is 0 Å². The number of anilines is 1. The van der Waals surface area contributed by atoms with Gasteiger partial charge in [0.25, 0.3) is 0 Å². The van der Waals surface area contributed by atoms with Gasteiger partial charge in [-0.25, -0.2) is 9.95 Å². The molecule has 0 fully saturated rings. The number of nitrogens with zero attached hydrogens (tertiary/aromatic N) is 1. The van der Waals surface area contributed by atoms with E-state index in [-0.39, 0.29) is 0 Å². The van der Waals surface area contributed by atoms with E-state index < -0.39 is 5.63 Å². The van der Waals surface area contributed by atoms with Gasteiger partial charge in [-0.2, -0.15) is 0 Å². The second-order valence-corrected chi connectivity index (χ2v) is 4.01. The zero-order chi connectivity index (χ0) is 12.4. The molecular formula is C13H14N2O2. The van der Waals surface area contributed by atoms with E-state index in [1.54, 1.807) is 6.08 Å². The van der Waals surface area contributed by atoms with Crippen molar-refractivity contribution in [2.45, 2.75) is 0 Å². The van der Waals surface area contributed by atoms with Crippen LogP contribution in [0.2, 0.25) is 0 Å². The Labute approximate surface area is 98.5 Å². The third-order valence-electron chi connectivity index (χ3n) is 2.53. The summed E-state index contributed by atoms with van der Waals surface area (Å²) < 4.78 is 4.65. The van der Waals surface area contributed by atoms with Gasteiger partial charge in [0.15, 0.2) is 0 Å². The van der Waals surface area contributed by atoms with Crippen molar-refractivity contribution in [2.24, 2.45) is 0 Å². The summed E-state index contributed by atoms with van der Waals surface area (Å²) in [5.41, 5.74) is 1.65. The van der Waals surface area contributed by atoms with Gasteiger partial charge in [0.2, 0.25) is 0 Å². The highest BCUT2D eigenvalue weighted by Gasteiger charge is 1.97. The number of hydrogen-bond acceptors (Lipinski definition) is 3. The maximum atomic E-state index is 11.3. The first kappa shape index (κ1) is 11.3. The maximum absolute atomic E-state index is 11.3. The molecule has 0 aliphatic carbocycles. The summed E-state index contributed by atoms with van der Waals surface area (Å²) in [7, 11) is 3.96. The predicted octanol–water partition coefficient (Wildman–Crippen LogP) is 0.273. The van der Waals surface area contributed by atoms with E-state index in [0.717, 1.165) is 11.3 Å². The van der Waals surface area contributed by atoms with Crippen molar-refractivity contribution in [2.75, 3.05) is 19.0 Å². The van der Waals surface area contributed by atoms with E-state index in [1.165, 1.54) is 0 Å². The van der Waals surface area contributed by atoms with Crippen LogP contribution in [0.5, 0.6) is 0 Å². The number of benzene rings is 1. The largest absolute Gasteiger partial charge is 0.378 e. The zero-order valence-corrected chi connectivity index (χ0v) is 9.86. The molecule has 0 radical (unpaired) electrons. The molecule has 4 heteroatoms. The Balaban J connectivity index is 2.47. The van der Waals surface area contributed by atoms with Crippen LogP contribution in [0.25, 0.3) is 12.7 Å². The Kier molecular flexibility index (Phi) is 2.87. The Morgan fingerprint density at radius 1 is 1.29 bits per heavy atom. The van der Waals surface area contributed by atoms with Gasteiger partial charge < -0.3 is 9.42 Å². The monoisotopic (exact) mass is 230 g/mol. The van der Waals surface area contributed by atoms with Crippen molar-refractivity contribution in [1.82, 2.24) is 5.16 Å². The minimum atomic E-state index is -0.397. The van der Waals surface area contributed by atoms with Crippen LogP contribution in [0.3, 0.4) is 0 Å². The quantitative estimate of drug-likeness (QED) is 0.805. The van der Waals surface area contributed by atoms with Crippen LogP contribution >= 0.6 is 0 Å². The molecule has 0 aliphatic heterocycles. The van der Waals surface area contributed by atoms with Crippen molar-refractivity contribution in [3.05, 3.63) is 50.8 Å². The maximum Gasteiger partial charge on any atom is 0.365 e. The van der Waals surface area contributed by atoms with Crippen molar-refractivity contribution in [3.63, 3.8) is 0 Å². The number of rotatable bonds is 2. The number of nitrogens with one attached hydrogen (secondary N) is 1. The molecule has 0 atom stereocenters. The Morgan fingerprint density at radius 3 is 2.41 bits per heavy atom. The van der Waals surface area contributed by atoms with Crippen LogP contribution in [0, 0.1) is 0 Å². The molecule has 17 heavy (non-hydrogen) atoms. The summed E-state index contributed by atoms with van der Waals surface area (Å²) in [6.45, 7) is 3.69. The third kappa shape index (κ3) is 2.30. The highest BCUT2D eigenvalue weighted by Crippen LogP contribution is 2.12. The molecule has 1 aromatic carbocycles. The number of aromatic amines is 1. The van der Waals surface area contributed by atoms with Gasteiger partial charge in [-0.3, -0.25) is 0 Å². The summed E-state index contributed by atoms with van der Waals surface area (Å²) in [5.74, 6) is 0. The average Bonchev–Trinajstić information content (AvgIpc) is 2.61. The van der Waals surface area contributed by atoms with Gasteiger partial charge in [0.05, 0.1) is 10.6 Å².